The van der Waals surface area contributed by atoms with Crippen LogP contribution in [0.25, 0.3) is 11.9 Å². The Balaban J connectivity index is 1.31. The largest absolute Gasteiger partial charge is 0.339 e. The normalized spacial score (nSPS) is 15.6. The first kappa shape index (κ1) is 22.4. The quantitative estimate of drug-likeness (QED) is 0.506. The number of sulfonamides is 1. The lowest BCUT2D eigenvalue weighted by molar-refractivity contribution is -0.129. The summed E-state index contributed by atoms with van der Waals surface area (Å²) in [5.74, 6) is 0.640. The highest BCUT2D eigenvalue weighted by atomic mass is 32.2. The van der Waals surface area contributed by atoms with E-state index in [4.69, 9.17) is 0 Å². The number of nitrogens with zero attached hydrogens (tertiary/aromatic N) is 6. The molecule has 1 aromatic carbocycles. The SMILES string of the molecule is Cc1cc(C)n2nc(SCC(=O)N3CCN(S(=O)(=O)/C=C/c4ccccc4)CC3)nc2n1. The van der Waals surface area contributed by atoms with Gasteiger partial charge in [-0.25, -0.2) is 17.9 Å². The third kappa shape index (κ3) is 5.17. The summed E-state index contributed by atoms with van der Waals surface area (Å²) in [7, 11) is -3.53. The van der Waals surface area contributed by atoms with Gasteiger partial charge >= 0.3 is 0 Å². The molecule has 9 nitrogen and oxygen atoms in total. The molecule has 0 bridgehead atoms. The van der Waals surface area contributed by atoms with Crippen molar-refractivity contribution in [1.82, 2.24) is 28.8 Å². The molecule has 0 saturated carbocycles. The minimum atomic E-state index is -3.53. The first-order chi connectivity index (χ1) is 15.3. The Labute approximate surface area is 191 Å². The zero-order valence-electron chi connectivity index (χ0n) is 17.9. The van der Waals surface area contributed by atoms with Crippen molar-refractivity contribution in [2.75, 3.05) is 31.9 Å². The molecule has 1 saturated heterocycles. The number of carbonyl (C=O) groups excluding carboxylic acids is 1. The van der Waals surface area contributed by atoms with Crippen molar-refractivity contribution in [3.8, 4) is 0 Å². The Kier molecular flexibility index (Phi) is 6.58. The minimum Gasteiger partial charge on any atom is -0.339 e. The molecular weight excluding hydrogens is 448 g/mol. The molecule has 1 amide bonds. The number of fused-ring (bicyclic) bond motifs is 1. The van der Waals surface area contributed by atoms with E-state index in [0.717, 1.165) is 17.0 Å². The van der Waals surface area contributed by atoms with E-state index in [1.165, 1.54) is 21.5 Å². The highest BCUT2D eigenvalue weighted by Crippen LogP contribution is 2.17. The minimum absolute atomic E-state index is 0.0633. The van der Waals surface area contributed by atoms with Gasteiger partial charge in [-0.1, -0.05) is 42.1 Å². The van der Waals surface area contributed by atoms with E-state index >= 15 is 0 Å². The highest BCUT2D eigenvalue weighted by Gasteiger charge is 2.27. The van der Waals surface area contributed by atoms with Crippen LogP contribution < -0.4 is 0 Å². The molecule has 0 radical (unpaired) electrons. The van der Waals surface area contributed by atoms with Gasteiger partial charge in [0.1, 0.15) is 0 Å². The van der Waals surface area contributed by atoms with E-state index in [2.05, 4.69) is 15.1 Å². The average Bonchev–Trinajstić information content (AvgIpc) is 3.20. The van der Waals surface area contributed by atoms with Crippen LogP contribution in [0.5, 0.6) is 0 Å². The van der Waals surface area contributed by atoms with Gasteiger partial charge in [-0.15, -0.1) is 5.10 Å². The molecular formula is C21H24N6O3S2. The van der Waals surface area contributed by atoms with Gasteiger partial charge in [0.25, 0.3) is 5.78 Å². The highest BCUT2D eigenvalue weighted by molar-refractivity contribution is 7.99. The maximum absolute atomic E-state index is 12.6. The third-order valence-corrected chi connectivity index (χ3v) is 7.49. The van der Waals surface area contributed by atoms with Crippen molar-refractivity contribution in [3.05, 3.63) is 58.8 Å². The van der Waals surface area contributed by atoms with E-state index in [1.807, 2.05) is 50.2 Å². The molecule has 4 rings (SSSR count). The predicted molar refractivity (Wildman–Crippen MR) is 124 cm³/mol. The molecule has 1 aliphatic rings. The summed E-state index contributed by atoms with van der Waals surface area (Å²) in [6, 6.07) is 11.2. The zero-order valence-corrected chi connectivity index (χ0v) is 19.5. The number of hydrogen-bond donors (Lipinski definition) is 0. The van der Waals surface area contributed by atoms with Gasteiger partial charge in [0.15, 0.2) is 0 Å². The van der Waals surface area contributed by atoms with E-state index in [-0.39, 0.29) is 24.7 Å². The third-order valence-electron chi connectivity index (χ3n) is 5.11. The van der Waals surface area contributed by atoms with Crippen molar-refractivity contribution in [2.24, 2.45) is 0 Å². The number of aromatic nitrogens is 4. The summed E-state index contributed by atoms with van der Waals surface area (Å²) < 4.78 is 28.2. The van der Waals surface area contributed by atoms with Crippen molar-refractivity contribution in [1.29, 1.82) is 0 Å². The van der Waals surface area contributed by atoms with E-state index < -0.39 is 10.0 Å². The Hall–Kier alpha value is -2.76. The fraction of sp³-hybridized carbons (Fsp3) is 0.333. The average molecular weight is 473 g/mol. The van der Waals surface area contributed by atoms with Crippen LogP contribution in [0.2, 0.25) is 0 Å². The maximum Gasteiger partial charge on any atom is 0.253 e. The van der Waals surface area contributed by atoms with Gasteiger partial charge in [0.2, 0.25) is 21.1 Å². The first-order valence-corrected chi connectivity index (χ1v) is 12.7. The summed E-state index contributed by atoms with van der Waals surface area (Å²) in [4.78, 5) is 23.0. The van der Waals surface area contributed by atoms with Crippen LogP contribution in [-0.4, -0.2) is 75.0 Å². The van der Waals surface area contributed by atoms with Crippen molar-refractivity contribution >= 4 is 39.5 Å². The van der Waals surface area contributed by atoms with Crippen LogP contribution in [0.1, 0.15) is 17.0 Å². The van der Waals surface area contributed by atoms with Crippen LogP contribution in [-0.2, 0) is 14.8 Å². The number of thioether (sulfide) groups is 1. The number of benzene rings is 1. The van der Waals surface area contributed by atoms with Gasteiger partial charge in [0.05, 0.1) is 5.75 Å². The van der Waals surface area contributed by atoms with Gasteiger partial charge in [0, 0.05) is 43.0 Å². The lowest BCUT2D eigenvalue weighted by Gasteiger charge is -2.33. The van der Waals surface area contributed by atoms with E-state index in [0.29, 0.717) is 24.0 Å². The number of amides is 1. The van der Waals surface area contributed by atoms with E-state index in [9.17, 15) is 13.2 Å². The van der Waals surface area contributed by atoms with E-state index in [1.54, 1.807) is 15.5 Å². The predicted octanol–water partition coefficient (Wildman–Crippen LogP) is 1.98. The Morgan fingerprint density at radius 3 is 2.53 bits per heavy atom. The molecule has 1 aliphatic heterocycles. The van der Waals surface area contributed by atoms with Gasteiger partial charge in [-0.05, 0) is 31.6 Å². The van der Waals surface area contributed by atoms with Gasteiger partial charge in [-0.3, -0.25) is 4.79 Å². The molecule has 0 atom stereocenters. The summed E-state index contributed by atoms with van der Waals surface area (Å²) >= 11 is 1.26. The fourth-order valence-corrected chi connectivity index (χ4v) is 5.33. The second kappa shape index (κ2) is 9.39. The molecule has 2 aromatic heterocycles. The number of rotatable bonds is 6. The van der Waals surface area contributed by atoms with Crippen molar-refractivity contribution in [2.45, 2.75) is 19.0 Å². The molecule has 0 spiro atoms. The molecule has 0 unspecified atom stereocenters. The Morgan fingerprint density at radius 1 is 1.09 bits per heavy atom. The second-order valence-electron chi connectivity index (χ2n) is 7.47. The number of carbonyl (C=O) groups is 1. The number of piperazine rings is 1. The monoisotopic (exact) mass is 472 g/mol. The van der Waals surface area contributed by atoms with Gasteiger partial charge in [-0.2, -0.15) is 9.29 Å². The molecule has 3 heterocycles. The van der Waals surface area contributed by atoms with Crippen LogP contribution in [0, 0.1) is 13.8 Å². The molecule has 32 heavy (non-hydrogen) atoms. The fourth-order valence-electron chi connectivity index (χ4n) is 3.43. The molecule has 0 aliphatic carbocycles. The first-order valence-electron chi connectivity index (χ1n) is 10.2. The lowest BCUT2D eigenvalue weighted by atomic mass is 10.2. The molecule has 168 valence electrons. The summed E-state index contributed by atoms with van der Waals surface area (Å²) in [5.41, 5.74) is 2.61. The standard InChI is InChI=1S/C21H24N6O3S2/c1-16-14-17(2)27-20(22-16)23-21(24-27)31-15-19(28)25-9-11-26(12-10-25)32(29,30)13-8-18-6-4-3-5-7-18/h3-8,13-14H,9-12,15H2,1-2H3/b13-8+. The van der Waals surface area contributed by atoms with Crippen LogP contribution in [0.4, 0.5) is 0 Å². The van der Waals surface area contributed by atoms with Gasteiger partial charge < -0.3 is 4.90 Å². The van der Waals surface area contributed by atoms with Crippen LogP contribution in [0.15, 0.2) is 47.0 Å². The molecule has 0 N–H and O–H groups in total. The molecule has 11 heteroatoms. The van der Waals surface area contributed by atoms with Crippen molar-refractivity contribution in [3.63, 3.8) is 0 Å². The summed E-state index contributed by atoms with van der Waals surface area (Å²) in [5, 5.41) is 6.12. The smallest absolute Gasteiger partial charge is 0.253 e. The number of aryl methyl sites for hydroxylation is 2. The molecule has 1 fully saturated rings. The van der Waals surface area contributed by atoms with Crippen LogP contribution >= 0.6 is 11.8 Å². The Bertz CT molecular complexity index is 1250. The second-order valence-corrected chi connectivity index (χ2v) is 10.2. The van der Waals surface area contributed by atoms with Crippen LogP contribution in [0.3, 0.4) is 0 Å². The lowest BCUT2D eigenvalue weighted by Crippen LogP contribution is -2.50. The summed E-state index contributed by atoms with van der Waals surface area (Å²) in [6.07, 6.45) is 1.59. The zero-order chi connectivity index (χ0) is 22.7. The Morgan fingerprint density at radius 2 is 1.81 bits per heavy atom. The van der Waals surface area contributed by atoms with Crippen molar-refractivity contribution < 1.29 is 13.2 Å². The topological polar surface area (TPSA) is 101 Å². The molecule has 3 aromatic rings. The number of hydrogen-bond acceptors (Lipinski definition) is 7. The summed E-state index contributed by atoms with van der Waals surface area (Å²) in [6.45, 7) is 5.08. The maximum atomic E-state index is 12.6.